The molecule has 0 aliphatic heterocycles. The van der Waals surface area contributed by atoms with E-state index in [1.807, 2.05) is 0 Å². The fourth-order valence-corrected chi connectivity index (χ4v) is 5.10. The number of nitrogens with zero attached hydrogens (tertiary/aromatic N) is 3. The summed E-state index contributed by atoms with van der Waals surface area (Å²) in [5.74, 6) is -5.48. The number of carboxylic acids is 1. The number of aliphatic hydroxyl groups is 1. The zero-order valence-electron chi connectivity index (χ0n) is 22.4. The number of hydrogen-bond acceptors (Lipinski definition) is 8. The predicted molar refractivity (Wildman–Crippen MR) is 135 cm³/mol. The van der Waals surface area contributed by atoms with Gasteiger partial charge in [-0.2, -0.15) is 31.6 Å². The number of aryl methyl sites for hydroxylation is 1. The highest BCUT2D eigenvalue weighted by Gasteiger charge is 2.60. The van der Waals surface area contributed by atoms with Crippen molar-refractivity contribution in [3.8, 4) is 17.3 Å². The third kappa shape index (κ3) is 6.48. The minimum atomic E-state index is -5.37. The largest absolute Gasteiger partial charge is 0.490 e. The van der Waals surface area contributed by atoms with Gasteiger partial charge in [-0.25, -0.2) is 14.8 Å². The van der Waals surface area contributed by atoms with Gasteiger partial charge in [-0.3, -0.25) is 9.59 Å². The first-order valence-corrected chi connectivity index (χ1v) is 12.6. The van der Waals surface area contributed by atoms with Crippen LogP contribution in [-0.2, 0) is 15.2 Å². The van der Waals surface area contributed by atoms with Gasteiger partial charge >= 0.3 is 18.3 Å². The monoisotopic (exact) mass is 616 g/mol. The van der Waals surface area contributed by atoms with Crippen molar-refractivity contribution in [1.29, 1.82) is 5.26 Å². The summed E-state index contributed by atoms with van der Waals surface area (Å²) in [6, 6.07) is 5.57. The molecule has 232 valence electrons. The number of nitrogens with two attached hydrogens (primary N) is 2. The lowest BCUT2D eigenvalue weighted by atomic mass is 9.58. The molecule has 17 heteroatoms. The minimum absolute atomic E-state index is 0.0241. The number of amides is 2. The molecule has 2 bridgehead atoms. The summed E-state index contributed by atoms with van der Waals surface area (Å²) in [6.45, 7) is 1.58. The van der Waals surface area contributed by atoms with Crippen molar-refractivity contribution in [3.05, 3.63) is 41.2 Å². The zero-order valence-corrected chi connectivity index (χ0v) is 22.4. The summed E-state index contributed by atoms with van der Waals surface area (Å²) < 4.78 is 72.5. The molecule has 3 fully saturated rings. The lowest BCUT2D eigenvalue weighted by molar-refractivity contribution is -0.255. The van der Waals surface area contributed by atoms with Crippen LogP contribution in [0.5, 0.6) is 0 Å². The average Bonchev–Trinajstić information content (AvgIpc) is 2.93. The van der Waals surface area contributed by atoms with E-state index in [0.29, 0.717) is 44.1 Å². The zero-order chi connectivity index (χ0) is 32.6. The van der Waals surface area contributed by atoms with Gasteiger partial charge in [-0.1, -0.05) is 12.1 Å². The van der Waals surface area contributed by atoms with Crippen molar-refractivity contribution in [3.63, 3.8) is 0 Å². The smallest absolute Gasteiger partial charge is 0.475 e. The van der Waals surface area contributed by atoms with Gasteiger partial charge in [0.1, 0.15) is 0 Å². The quantitative estimate of drug-likeness (QED) is 0.312. The van der Waals surface area contributed by atoms with Crippen LogP contribution in [0.4, 0.5) is 32.2 Å². The van der Waals surface area contributed by atoms with Gasteiger partial charge in [-0.05, 0) is 57.1 Å². The molecule has 5 rings (SSSR count). The molecule has 0 radical (unpaired) electrons. The van der Waals surface area contributed by atoms with Crippen molar-refractivity contribution in [2.75, 3.05) is 5.73 Å². The summed E-state index contributed by atoms with van der Waals surface area (Å²) in [4.78, 5) is 42.0. The number of rotatable bonds is 5. The number of benzene rings is 1. The summed E-state index contributed by atoms with van der Waals surface area (Å²) >= 11 is 0. The van der Waals surface area contributed by atoms with E-state index in [0.717, 1.165) is 12.1 Å². The number of anilines is 1. The van der Waals surface area contributed by atoms with Crippen molar-refractivity contribution in [2.24, 2.45) is 11.1 Å². The van der Waals surface area contributed by atoms with E-state index in [-0.39, 0.29) is 28.2 Å². The van der Waals surface area contributed by atoms with E-state index in [4.69, 9.17) is 21.4 Å². The van der Waals surface area contributed by atoms with Gasteiger partial charge in [-0.15, -0.1) is 0 Å². The second-order valence-electron chi connectivity index (χ2n) is 10.5. The molecule has 1 heterocycles. The van der Waals surface area contributed by atoms with E-state index >= 15 is 0 Å². The number of halogens is 6. The molecule has 1 atom stereocenters. The second kappa shape index (κ2) is 11.3. The summed E-state index contributed by atoms with van der Waals surface area (Å²) in [7, 11) is 0. The molecule has 2 amide bonds. The summed E-state index contributed by atoms with van der Waals surface area (Å²) in [5.41, 5.74) is 5.67. The number of nitrogens with one attached hydrogen (secondary N) is 1. The third-order valence-electron chi connectivity index (χ3n) is 7.82. The number of fused-ring (bicyclic) bond motifs is 3. The molecular formula is C26H26F6N6O5. The van der Waals surface area contributed by atoms with E-state index in [1.165, 1.54) is 12.3 Å². The standard InChI is InChI=1S/C24H25F3N6O3.C2HF3O2/c1-13-2-3-14(23(36,20(30)35)24(25,26)27)10-15(13)16-11-31-18(29)17(32-16)19(34)33-22-7-4-21(12-28,5-8-22)6-9-22;3-2(4,5)1(6)7/h2-3,10-11,36H,4-9H2,1H3,(H2,29,31)(H2,30,35)(H,33,34);(H,6,7). The van der Waals surface area contributed by atoms with Gasteiger partial charge in [0.05, 0.1) is 23.4 Å². The number of aromatic nitrogens is 2. The second-order valence-corrected chi connectivity index (χ2v) is 10.5. The Bertz CT molecular complexity index is 1460. The first-order valence-electron chi connectivity index (χ1n) is 12.6. The molecule has 0 spiro atoms. The van der Waals surface area contributed by atoms with E-state index in [1.54, 1.807) is 6.92 Å². The van der Waals surface area contributed by atoms with Gasteiger partial charge < -0.3 is 27.0 Å². The van der Waals surface area contributed by atoms with Crippen molar-refractivity contribution >= 4 is 23.6 Å². The number of aliphatic carboxylic acids is 1. The van der Waals surface area contributed by atoms with Crippen LogP contribution in [0.25, 0.3) is 11.3 Å². The highest BCUT2D eigenvalue weighted by atomic mass is 19.4. The predicted octanol–water partition coefficient (Wildman–Crippen LogP) is 3.25. The highest BCUT2D eigenvalue weighted by molar-refractivity contribution is 5.97. The Hall–Kier alpha value is -4.46. The molecular weight excluding hydrogens is 590 g/mol. The summed E-state index contributed by atoms with van der Waals surface area (Å²) in [5, 5.41) is 29.8. The van der Waals surface area contributed by atoms with Crippen LogP contribution in [0.15, 0.2) is 24.4 Å². The first-order chi connectivity index (χ1) is 19.7. The maximum atomic E-state index is 13.6. The number of hydrogen-bond donors (Lipinski definition) is 5. The van der Waals surface area contributed by atoms with Crippen LogP contribution < -0.4 is 16.8 Å². The van der Waals surface area contributed by atoms with E-state index in [9.17, 15) is 46.3 Å². The number of carbonyl (C=O) groups is 3. The Morgan fingerprint density at radius 3 is 2.02 bits per heavy atom. The Balaban J connectivity index is 0.000000646. The molecule has 43 heavy (non-hydrogen) atoms. The van der Waals surface area contributed by atoms with Crippen LogP contribution in [-0.4, -0.2) is 55.9 Å². The normalized spacial score (nSPS) is 22.8. The number of nitrogen functional groups attached to an aromatic ring is 1. The maximum Gasteiger partial charge on any atom is 0.490 e. The summed E-state index contributed by atoms with van der Waals surface area (Å²) in [6.07, 6.45) is -5.30. The lowest BCUT2D eigenvalue weighted by Crippen LogP contribution is -2.56. The van der Waals surface area contributed by atoms with Crippen LogP contribution in [0, 0.1) is 23.7 Å². The van der Waals surface area contributed by atoms with Crippen LogP contribution >= 0.6 is 0 Å². The molecule has 3 saturated carbocycles. The third-order valence-corrected chi connectivity index (χ3v) is 7.82. The Labute approximate surface area is 239 Å². The first kappa shape index (κ1) is 33.0. The van der Waals surface area contributed by atoms with Crippen molar-refractivity contribution < 1.29 is 50.9 Å². The highest BCUT2D eigenvalue weighted by Crippen LogP contribution is 2.52. The number of carboxylic acid groups (broad SMARTS) is 1. The Kier molecular flexibility index (Phi) is 8.70. The van der Waals surface area contributed by atoms with Gasteiger partial charge in [0.2, 0.25) is 0 Å². The minimum Gasteiger partial charge on any atom is -0.475 e. The van der Waals surface area contributed by atoms with E-state index in [2.05, 4.69) is 21.4 Å². The maximum absolute atomic E-state index is 13.6. The molecule has 7 N–H and O–H groups in total. The van der Waals surface area contributed by atoms with Crippen LogP contribution in [0.1, 0.15) is 60.1 Å². The molecule has 2 aromatic rings. The topological polar surface area (TPSA) is 205 Å². The number of carbonyl (C=O) groups excluding carboxylic acids is 2. The molecule has 1 aromatic carbocycles. The Morgan fingerprint density at radius 2 is 1.58 bits per heavy atom. The number of alkyl halides is 6. The van der Waals surface area contributed by atoms with Crippen LogP contribution in [0.3, 0.4) is 0 Å². The molecule has 3 aliphatic rings. The van der Waals surface area contributed by atoms with E-state index < -0.39 is 46.8 Å². The molecule has 1 unspecified atom stereocenters. The lowest BCUT2D eigenvalue weighted by Gasteiger charge is -2.50. The number of primary amides is 1. The van der Waals surface area contributed by atoms with Gasteiger partial charge in [0.15, 0.2) is 11.5 Å². The average molecular weight is 617 g/mol. The SMILES string of the molecule is Cc1ccc(C(O)(C(N)=O)C(F)(F)F)cc1-c1cnc(N)c(C(=O)NC23CCC(C#N)(CC2)CC3)n1.O=C(O)C(F)(F)F. The fourth-order valence-electron chi connectivity index (χ4n) is 5.10. The fraction of sp³-hybridized carbons (Fsp3) is 0.462. The van der Waals surface area contributed by atoms with Gasteiger partial charge in [0.25, 0.3) is 17.4 Å². The molecule has 3 aliphatic carbocycles. The van der Waals surface area contributed by atoms with Gasteiger partial charge in [0, 0.05) is 16.7 Å². The number of nitriles is 1. The molecule has 0 saturated heterocycles. The van der Waals surface area contributed by atoms with Crippen molar-refractivity contribution in [1.82, 2.24) is 15.3 Å². The Morgan fingerprint density at radius 1 is 1.05 bits per heavy atom. The molecule has 11 nitrogen and oxygen atoms in total. The van der Waals surface area contributed by atoms with Crippen LogP contribution in [0.2, 0.25) is 0 Å². The van der Waals surface area contributed by atoms with Crippen molar-refractivity contribution in [2.45, 2.75) is 68.9 Å². The molecule has 1 aromatic heterocycles.